The average Bonchev–Trinajstić information content (AvgIpc) is 3.06. The number of piperazine rings is 1. The zero-order valence-corrected chi connectivity index (χ0v) is 19.2. The van der Waals surface area contributed by atoms with Crippen LogP contribution in [-0.2, 0) is 0 Å². The van der Waals surface area contributed by atoms with E-state index >= 15 is 0 Å². The molecule has 2 heterocycles. The van der Waals surface area contributed by atoms with Gasteiger partial charge in [0.15, 0.2) is 5.75 Å². The van der Waals surface area contributed by atoms with E-state index in [2.05, 4.69) is 10.2 Å². The zero-order valence-electron chi connectivity index (χ0n) is 19.2. The van der Waals surface area contributed by atoms with Crippen LogP contribution in [0.2, 0.25) is 0 Å². The van der Waals surface area contributed by atoms with Crippen LogP contribution in [0.25, 0.3) is 0 Å². The highest BCUT2D eigenvalue weighted by molar-refractivity contribution is 6.04. The highest BCUT2D eigenvalue weighted by atomic mass is 16.5. The molecule has 0 unspecified atom stereocenters. The molecule has 34 heavy (non-hydrogen) atoms. The Labute approximate surface area is 198 Å². The third kappa shape index (κ3) is 4.22. The minimum Gasteiger partial charge on any atom is -0.497 e. The number of anilines is 1. The SMILES string of the molecule is COc1ccc(NC(=O)N2CCN(C3=Nc4ccccc4Oc4ccccc43)CC2)c(OC)c1. The van der Waals surface area contributed by atoms with Gasteiger partial charge in [0.2, 0.25) is 0 Å². The molecule has 3 aromatic carbocycles. The molecule has 0 saturated carbocycles. The van der Waals surface area contributed by atoms with Crippen LogP contribution in [0.4, 0.5) is 16.2 Å². The smallest absolute Gasteiger partial charge is 0.322 e. The molecule has 2 amide bonds. The molecule has 3 aromatic rings. The molecule has 0 radical (unpaired) electrons. The van der Waals surface area contributed by atoms with Crippen LogP contribution in [0.5, 0.6) is 23.0 Å². The number of amides is 2. The number of methoxy groups -OCH3 is 2. The summed E-state index contributed by atoms with van der Waals surface area (Å²) in [5.74, 6) is 3.58. The van der Waals surface area contributed by atoms with Gasteiger partial charge in [0, 0.05) is 32.2 Å². The Balaban J connectivity index is 1.32. The summed E-state index contributed by atoms with van der Waals surface area (Å²) in [7, 11) is 3.16. The molecule has 8 heteroatoms. The summed E-state index contributed by atoms with van der Waals surface area (Å²) in [6.07, 6.45) is 0. The number of ether oxygens (including phenoxy) is 3. The normalized spacial score (nSPS) is 14.7. The van der Waals surface area contributed by atoms with Crippen LogP contribution < -0.4 is 19.5 Å². The highest BCUT2D eigenvalue weighted by Crippen LogP contribution is 2.38. The summed E-state index contributed by atoms with van der Waals surface area (Å²) in [6, 6.07) is 20.8. The van der Waals surface area contributed by atoms with Gasteiger partial charge in [-0.15, -0.1) is 0 Å². The van der Waals surface area contributed by atoms with Crippen molar-refractivity contribution in [2.45, 2.75) is 0 Å². The van der Waals surface area contributed by atoms with E-state index < -0.39 is 0 Å². The van der Waals surface area contributed by atoms with Crippen molar-refractivity contribution in [2.24, 2.45) is 4.99 Å². The Kier molecular flexibility index (Phi) is 5.95. The fraction of sp³-hybridized carbons (Fsp3) is 0.231. The minimum absolute atomic E-state index is 0.167. The van der Waals surface area contributed by atoms with Crippen LogP contribution >= 0.6 is 0 Å². The number of nitrogens with zero attached hydrogens (tertiary/aromatic N) is 3. The molecule has 8 nitrogen and oxygen atoms in total. The Morgan fingerprint density at radius 1 is 0.912 bits per heavy atom. The van der Waals surface area contributed by atoms with Crippen LogP contribution in [0, 0.1) is 0 Å². The van der Waals surface area contributed by atoms with Crippen molar-refractivity contribution < 1.29 is 19.0 Å². The first-order chi connectivity index (χ1) is 16.7. The number of carbonyl (C=O) groups is 1. The number of fused-ring (bicyclic) bond motifs is 2. The molecule has 1 saturated heterocycles. The molecule has 2 aliphatic heterocycles. The van der Waals surface area contributed by atoms with Crippen LogP contribution in [0.1, 0.15) is 5.56 Å². The van der Waals surface area contributed by atoms with E-state index in [0.29, 0.717) is 43.4 Å². The monoisotopic (exact) mass is 458 g/mol. The average molecular weight is 459 g/mol. The lowest BCUT2D eigenvalue weighted by Gasteiger charge is -2.36. The number of nitrogens with one attached hydrogen (secondary N) is 1. The third-order valence-electron chi connectivity index (χ3n) is 5.96. The maximum absolute atomic E-state index is 12.9. The predicted molar refractivity (Wildman–Crippen MR) is 131 cm³/mol. The van der Waals surface area contributed by atoms with Crippen molar-refractivity contribution in [2.75, 3.05) is 45.7 Å². The van der Waals surface area contributed by atoms with Gasteiger partial charge >= 0.3 is 6.03 Å². The fourth-order valence-electron chi connectivity index (χ4n) is 4.13. The van der Waals surface area contributed by atoms with Crippen molar-refractivity contribution in [1.82, 2.24) is 9.80 Å². The van der Waals surface area contributed by atoms with Gasteiger partial charge in [-0.2, -0.15) is 0 Å². The summed E-state index contributed by atoms with van der Waals surface area (Å²) in [5.41, 5.74) is 2.34. The number of para-hydroxylation sites is 3. The second-order valence-corrected chi connectivity index (χ2v) is 7.97. The standard InChI is InChI=1S/C26H26N4O4/c1-32-18-11-12-21(24(17-18)33-2)28-26(31)30-15-13-29(14-16-30)25-19-7-3-5-9-22(19)34-23-10-6-4-8-20(23)27-25/h3-12,17H,13-16H2,1-2H3,(H,28,31). The summed E-state index contributed by atoms with van der Waals surface area (Å²) in [5, 5.41) is 2.95. The molecular formula is C26H26N4O4. The van der Waals surface area contributed by atoms with E-state index in [-0.39, 0.29) is 6.03 Å². The minimum atomic E-state index is -0.167. The summed E-state index contributed by atoms with van der Waals surface area (Å²) in [6.45, 7) is 2.44. The highest BCUT2D eigenvalue weighted by Gasteiger charge is 2.27. The number of amidine groups is 1. The topological polar surface area (TPSA) is 75.6 Å². The van der Waals surface area contributed by atoms with E-state index in [1.807, 2.05) is 48.5 Å². The van der Waals surface area contributed by atoms with Gasteiger partial charge in [0.1, 0.15) is 28.8 Å². The van der Waals surface area contributed by atoms with Crippen LogP contribution in [0.15, 0.2) is 71.7 Å². The van der Waals surface area contributed by atoms with Gasteiger partial charge < -0.3 is 29.3 Å². The van der Waals surface area contributed by atoms with Gasteiger partial charge in [0.25, 0.3) is 0 Å². The van der Waals surface area contributed by atoms with Gasteiger partial charge in [0.05, 0.1) is 25.5 Å². The number of carbonyl (C=O) groups excluding carboxylic acids is 1. The fourth-order valence-corrected chi connectivity index (χ4v) is 4.13. The maximum Gasteiger partial charge on any atom is 0.322 e. The predicted octanol–water partition coefficient (Wildman–Crippen LogP) is 4.74. The lowest BCUT2D eigenvalue weighted by molar-refractivity contribution is 0.181. The van der Waals surface area contributed by atoms with Gasteiger partial charge in [-0.3, -0.25) is 0 Å². The second kappa shape index (κ2) is 9.35. The van der Waals surface area contributed by atoms with E-state index in [4.69, 9.17) is 19.2 Å². The first kappa shape index (κ1) is 21.6. The Morgan fingerprint density at radius 3 is 2.41 bits per heavy atom. The maximum atomic E-state index is 12.9. The van der Waals surface area contributed by atoms with Crippen LogP contribution in [0.3, 0.4) is 0 Å². The summed E-state index contributed by atoms with van der Waals surface area (Å²) in [4.78, 5) is 21.9. The van der Waals surface area contributed by atoms with E-state index in [9.17, 15) is 4.79 Å². The van der Waals surface area contributed by atoms with E-state index in [0.717, 1.165) is 28.6 Å². The van der Waals surface area contributed by atoms with Crippen molar-refractivity contribution in [3.8, 4) is 23.0 Å². The number of aliphatic imine (C=N–C) groups is 1. The van der Waals surface area contributed by atoms with Crippen LogP contribution in [-0.4, -0.2) is 62.1 Å². The Bertz CT molecular complexity index is 1230. The molecule has 5 rings (SSSR count). The molecule has 0 atom stereocenters. The van der Waals surface area contributed by atoms with E-state index in [1.54, 1.807) is 37.3 Å². The first-order valence-electron chi connectivity index (χ1n) is 11.1. The Morgan fingerprint density at radius 2 is 1.65 bits per heavy atom. The number of rotatable bonds is 3. The molecule has 1 N–H and O–H groups in total. The molecule has 0 spiro atoms. The summed E-state index contributed by atoms with van der Waals surface area (Å²) < 4.78 is 16.8. The quantitative estimate of drug-likeness (QED) is 0.614. The van der Waals surface area contributed by atoms with Crippen molar-refractivity contribution in [3.63, 3.8) is 0 Å². The lowest BCUT2D eigenvalue weighted by Crippen LogP contribution is -2.51. The van der Waals surface area contributed by atoms with Crippen molar-refractivity contribution in [1.29, 1.82) is 0 Å². The first-order valence-corrected chi connectivity index (χ1v) is 11.1. The number of benzene rings is 3. The molecule has 1 fully saturated rings. The van der Waals surface area contributed by atoms with Gasteiger partial charge in [-0.05, 0) is 36.4 Å². The molecule has 0 bridgehead atoms. The number of hydrogen-bond donors (Lipinski definition) is 1. The molecule has 2 aliphatic rings. The number of urea groups is 1. The lowest BCUT2D eigenvalue weighted by atomic mass is 10.1. The largest absolute Gasteiger partial charge is 0.497 e. The van der Waals surface area contributed by atoms with E-state index in [1.165, 1.54) is 0 Å². The van der Waals surface area contributed by atoms with Gasteiger partial charge in [-0.25, -0.2) is 9.79 Å². The molecule has 0 aromatic heterocycles. The van der Waals surface area contributed by atoms with Gasteiger partial charge in [-0.1, -0.05) is 24.3 Å². The molecular weight excluding hydrogens is 432 g/mol. The molecule has 0 aliphatic carbocycles. The second-order valence-electron chi connectivity index (χ2n) is 7.97. The number of hydrogen-bond acceptors (Lipinski definition) is 6. The summed E-state index contributed by atoms with van der Waals surface area (Å²) >= 11 is 0. The third-order valence-corrected chi connectivity index (χ3v) is 5.96. The van der Waals surface area contributed by atoms with Crippen molar-refractivity contribution in [3.05, 3.63) is 72.3 Å². The van der Waals surface area contributed by atoms with Crippen molar-refractivity contribution >= 4 is 23.2 Å². The zero-order chi connectivity index (χ0) is 23.5. The molecule has 174 valence electrons. The Hall–Kier alpha value is -4.20.